The first-order valence-electron chi connectivity index (χ1n) is 9.02. The van der Waals surface area contributed by atoms with Gasteiger partial charge in [-0.25, -0.2) is 0 Å². The fourth-order valence-electron chi connectivity index (χ4n) is 3.48. The van der Waals surface area contributed by atoms with Crippen molar-refractivity contribution in [3.05, 3.63) is 63.2 Å². The number of nitro groups is 1. The van der Waals surface area contributed by atoms with Gasteiger partial charge in [-0.3, -0.25) is 15.0 Å². The number of rotatable bonds is 5. The van der Waals surface area contributed by atoms with Crippen LogP contribution in [0.15, 0.2) is 36.4 Å². The van der Waals surface area contributed by atoms with Gasteiger partial charge in [0.2, 0.25) is 0 Å². The van der Waals surface area contributed by atoms with Crippen LogP contribution in [0.1, 0.15) is 16.7 Å². The van der Waals surface area contributed by atoms with Crippen LogP contribution in [0.4, 0.5) is 17.1 Å². The van der Waals surface area contributed by atoms with Crippen LogP contribution in [0.2, 0.25) is 0 Å². The Morgan fingerprint density at radius 3 is 2.54 bits per heavy atom. The molecule has 6 heteroatoms. The first-order valence-corrected chi connectivity index (χ1v) is 9.02. The number of nitrogen functional groups attached to an aromatic ring is 1. The summed E-state index contributed by atoms with van der Waals surface area (Å²) in [7, 11) is 0. The van der Waals surface area contributed by atoms with Gasteiger partial charge in [-0.1, -0.05) is 18.2 Å². The van der Waals surface area contributed by atoms with Gasteiger partial charge >= 0.3 is 0 Å². The molecule has 1 heterocycles. The quantitative estimate of drug-likeness (QED) is 0.507. The Kier molecular flexibility index (Phi) is 5.42. The third-order valence-electron chi connectivity index (χ3n) is 5.30. The molecular weight excluding hydrogens is 328 g/mol. The topological polar surface area (TPSA) is 75.6 Å². The van der Waals surface area contributed by atoms with Crippen LogP contribution in [-0.4, -0.2) is 42.5 Å². The van der Waals surface area contributed by atoms with Crippen LogP contribution in [0.3, 0.4) is 0 Å². The van der Waals surface area contributed by atoms with Gasteiger partial charge in [-0.05, 0) is 49.1 Å². The predicted octanol–water partition coefficient (Wildman–Crippen LogP) is 3.16. The van der Waals surface area contributed by atoms with Crippen LogP contribution in [0.5, 0.6) is 0 Å². The van der Waals surface area contributed by atoms with E-state index in [1.165, 1.54) is 16.8 Å². The van der Waals surface area contributed by atoms with Crippen LogP contribution in [0.25, 0.3) is 0 Å². The van der Waals surface area contributed by atoms with Crippen LogP contribution >= 0.6 is 0 Å². The summed E-state index contributed by atoms with van der Waals surface area (Å²) in [6.07, 6.45) is 0.796. The summed E-state index contributed by atoms with van der Waals surface area (Å²) in [4.78, 5) is 15.5. The lowest BCUT2D eigenvalue weighted by atomic mass is 10.1. The molecule has 2 N–H and O–H groups in total. The Morgan fingerprint density at radius 2 is 1.85 bits per heavy atom. The second-order valence-corrected chi connectivity index (χ2v) is 6.95. The van der Waals surface area contributed by atoms with Crippen molar-refractivity contribution in [1.82, 2.24) is 4.90 Å². The van der Waals surface area contributed by atoms with Gasteiger partial charge in [0.1, 0.15) is 5.69 Å². The summed E-state index contributed by atoms with van der Waals surface area (Å²) in [6.45, 7) is 9.26. The van der Waals surface area contributed by atoms with Gasteiger partial charge in [-0.2, -0.15) is 0 Å². The average molecular weight is 354 g/mol. The molecule has 138 valence electrons. The first kappa shape index (κ1) is 18.2. The van der Waals surface area contributed by atoms with Gasteiger partial charge in [0.05, 0.1) is 4.92 Å². The van der Waals surface area contributed by atoms with Crippen LogP contribution < -0.4 is 10.6 Å². The fraction of sp³-hybridized carbons (Fsp3) is 0.400. The zero-order chi connectivity index (χ0) is 18.7. The summed E-state index contributed by atoms with van der Waals surface area (Å²) in [5.41, 5.74) is 10.9. The lowest BCUT2D eigenvalue weighted by Gasteiger charge is -2.37. The molecule has 1 aliphatic heterocycles. The molecule has 0 unspecified atom stereocenters. The highest BCUT2D eigenvalue weighted by Crippen LogP contribution is 2.25. The highest BCUT2D eigenvalue weighted by Gasteiger charge is 2.19. The van der Waals surface area contributed by atoms with E-state index in [0.717, 1.165) is 44.7 Å². The maximum atomic E-state index is 11.0. The Morgan fingerprint density at radius 1 is 1.12 bits per heavy atom. The molecule has 0 aliphatic carbocycles. The number of nitro benzene ring substituents is 1. The molecule has 1 saturated heterocycles. The van der Waals surface area contributed by atoms with E-state index in [1.807, 2.05) is 6.07 Å². The Balaban J connectivity index is 1.55. The Hall–Kier alpha value is -2.60. The third kappa shape index (κ3) is 3.96. The van der Waals surface area contributed by atoms with Crippen molar-refractivity contribution in [1.29, 1.82) is 0 Å². The van der Waals surface area contributed by atoms with Crippen molar-refractivity contribution in [2.45, 2.75) is 20.3 Å². The molecule has 0 amide bonds. The maximum Gasteiger partial charge on any atom is 0.292 e. The zero-order valence-electron chi connectivity index (χ0n) is 15.4. The minimum Gasteiger partial charge on any atom is -0.393 e. The van der Waals surface area contributed by atoms with Crippen molar-refractivity contribution in [3.63, 3.8) is 0 Å². The van der Waals surface area contributed by atoms with Gasteiger partial charge in [-0.15, -0.1) is 0 Å². The molecule has 3 rings (SSSR count). The number of nitrogens with two attached hydrogens (primary N) is 1. The molecule has 6 nitrogen and oxygen atoms in total. The number of aryl methyl sites for hydroxylation is 1. The first-order chi connectivity index (χ1) is 12.5. The number of nitrogens with zero attached hydrogens (tertiary/aromatic N) is 3. The van der Waals surface area contributed by atoms with E-state index in [4.69, 9.17) is 5.73 Å². The Bertz CT molecular complexity index is 798. The summed E-state index contributed by atoms with van der Waals surface area (Å²) < 4.78 is 0. The number of benzene rings is 2. The van der Waals surface area contributed by atoms with Gasteiger partial charge in [0.25, 0.3) is 5.69 Å². The van der Waals surface area contributed by atoms with E-state index >= 15 is 0 Å². The van der Waals surface area contributed by atoms with Crippen molar-refractivity contribution in [2.75, 3.05) is 43.4 Å². The molecule has 2 aromatic rings. The Labute approximate surface area is 154 Å². The largest absolute Gasteiger partial charge is 0.393 e. The van der Waals surface area contributed by atoms with Gasteiger partial charge in [0, 0.05) is 44.5 Å². The predicted molar refractivity (Wildman–Crippen MR) is 106 cm³/mol. The lowest BCUT2D eigenvalue weighted by Crippen LogP contribution is -2.47. The SMILES string of the molecule is Cc1cccc(N2CCN(CCc3ccc(N)c([N+](=O)[O-])c3)CC2)c1C. The summed E-state index contributed by atoms with van der Waals surface area (Å²) in [6, 6.07) is 11.6. The van der Waals surface area contributed by atoms with E-state index in [-0.39, 0.29) is 11.4 Å². The summed E-state index contributed by atoms with van der Waals surface area (Å²) in [5, 5.41) is 11.0. The highest BCUT2D eigenvalue weighted by atomic mass is 16.6. The van der Waals surface area contributed by atoms with Crippen molar-refractivity contribution in [3.8, 4) is 0 Å². The van der Waals surface area contributed by atoms with Crippen LogP contribution in [-0.2, 0) is 6.42 Å². The van der Waals surface area contributed by atoms with Gasteiger partial charge < -0.3 is 10.6 Å². The minimum atomic E-state index is -0.415. The van der Waals surface area contributed by atoms with Crippen molar-refractivity contribution < 1.29 is 4.92 Å². The van der Waals surface area contributed by atoms with Gasteiger partial charge in [0.15, 0.2) is 0 Å². The maximum absolute atomic E-state index is 11.0. The molecular formula is C20H26N4O2. The number of hydrogen-bond acceptors (Lipinski definition) is 5. The third-order valence-corrected chi connectivity index (χ3v) is 5.30. The second-order valence-electron chi connectivity index (χ2n) is 6.95. The summed E-state index contributed by atoms with van der Waals surface area (Å²) in [5.74, 6) is 0. The molecule has 0 aromatic heterocycles. The van der Waals surface area contributed by atoms with Crippen molar-refractivity contribution in [2.24, 2.45) is 0 Å². The number of anilines is 2. The van der Waals surface area contributed by atoms with Crippen LogP contribution in [0, 0.1) is 24.0 Å². The zero-order valence-corrected chi connectivity index (χ0v) is 15.4. The molecule has 0 saturated carbocycles. The monoisotopic (exact) mass is 354 g/mol. The normalized spacial score (nSPS) is 15.2. The van der Waals surface area contributed by atoms with E-state index in [1.54, 1.807) is 12.1 Å². The smallest absolute Gasteiger partial charge is 0.292 e. The van der Waals surface area contributed by atoms with Crippen molar-refractivity contribution >= 4 is 17.1 Å². The molecule has 1 fully saturated rings. The standard InChI is InChI=1S/C20H26N4O2/c1-15-4-3-5-19(16(15)2)23-12-10-22(11-13-23)9-8-17-6-7-18(21)20(14-17)24(25)26/h3-7,14H,8-13,21H2,1-2H3. The molecule has 0 radical (unpaired) electrons. The minimum absolute atomic E-state index is 0.00208. The van der Waals surface area contributed by atoms with E-state index in [0.29, 0.717) is 0 Å². The number of hydrogen-bond donors (Lipinski definition) is 1. The second kappa shape index (κ2) is 7.74. The number of piperazine rings is 1. The molecule has 2 aromatic carbocycles. The molecule has 1 aliphatic rings. The van der Waals surface area contributed by atoms with E-state index in [2.05, 4.69) is 41.8 Å². The average Bonchev–Trinajstić information content (AvgIpc) is 2.63. The molecule has 0 spiro atoms. The molecule has 0 bridgehead atoms. The lowest BCUT2D eigenvalue weighted by molar-refractivity contribution is -0.384. The fourth-order valence-corrected chi connectivity index (χ4v) is 3.48. The molecule has 26 heavy (non-hydrogen) atoms. The molecule has 0 atom stereocenters. The summed E-state index contributed by atoms with van der Waals surface area (Å²) >= 11 is 0. The van der Waals surface area contributed by atoms with E-state index in [9.17, 15) is 10.1 Å². The highest BCUT2D eigenvalue weighted by molar-refractivity contribution is 5.59. The van der Waals surface area contributed by atoms with E-state index < -0.39 is 4.92 Å².